The maximum absolute atomic E-state index is 4.91. The molecule has 8 aromatic rings. The van der Waals surface area contributed by atoms with Gasteiger partial charge >= 0.3 is 58.1 Å². The van der Waals surface area contributed by atoms with Crippen molar-refractivity contribution in [3.63, 3.8) is 0 Å². The van der Waals surface area contributed by atoms with Crippen molar-refractivity contribution in [1.82, 2.24) is 19.9 Å². The number of nitrogens with zero attached hydrogens (tertiary/aromatic N) is 4. The van der Waals surface area contributed by atoms with E-state index in [4.69, 9.17) is 15.0 Å². The van der Waals surface area contributed by atoms with E-state index >= 15 is 0 Å². The Bertz CT molecular complexity index is 3390. The number of hydrogen-bond donors (Lipinski definition) is 0. The van der Waals surface area contributed by atoms with Crippen LogP contribution < -0.4 is 37.7 Å². The number of unbranched alkanes of at least 4 members (excludes halogenated alkanes) is 1. The quantitative estimate of drug-likeness (QED) is 0.130. The van der Waals surface area contributed by atoms with Gasteiger partial charge in [0.2, 0.25) is 0 Å². The van der Waals surface area contributed by atoms with Gasteiger partial charge in [0.1, 0.15) is 0 Å². The van der Waals surface area contributed by atoms with Crippen molar-refractivity contribution in [3.05, 3.63) is 220 Å². The second-order valence-corrected chi connectivity index (χ2v) is 25.2. The van der Waals surface area contributed by atoms with Crippen molar-refractivity contribution in [2.24, 2.45) is 0 Å². The van der Waals surface area contributed by atoms with Crippen molar-refractivity contribution >= 4 is 15.9 Å². The number of benzene rings is 4. The normalized spacial score (nSPS) is 10.1. The average molecular weight is 1340 g/mol. The molecule has 0 bridgehead atoms. The molecule has 0 N–H and O–H groups in total. The van der Waals surface area contributed by atoms with Gasteiger partial charge in [-0.15, -0.1) is 67.8 Å². The van der Waals surface area contributed by atoms with E-state index in [0.717, 1.165) is 57.4 Å². The topological polar surface area (TPSA) is 51.6 Å². The molecule has 0 spiro atoms. The molecule has 0 aliphatic carbocycles. The summed E-state index contributed by atoms with van der Waals surface area (Å²) in [7, 11) is 0. The maximum atomic E-state index is 4.91. The van der Waals surface area contributed by atoms with Gasteiger partial charge < -0.3 is 16.9 Å². The van der Waals surface area contributed by atoms with Crippen LogP contribution in [-0.4, -0.2) is 19.9 Å². The van der Waals surface area contributed by atoms with Crippen LogP contribution in [0, 0.1) is 247 Å². The Labute approximate surface area is 591 Å². The van der Waals surface area contributed by atoms with E-state index in [1.807, 2.05) is 13.1 Å². The van der Waals surface area contributed by atoms with Gasteiger partial charge in [0.15, 0.2) is 0 Å². The molecule has 4 aromatic heterocycles. The minimum absolute atomic E-state index is 0. The number of aryl methyl sites for hydroxylation is 9. The number of hydrogen-bond acceptors (Lipinski definition) is 4. The maximum Gasteiger partial charge on any atom is 2.00 e. The monoisotopic (exact) mass is 1340 g/mol. The Morgan fingerprint density at radius 2 is 0.640 bits per heavy atom. The number of halogens is 1. The van der Waals surface area contributed by atoms with E-state index in [-0.39, 0.29) is 65.6 Å². The summed E-state index contributed by atoms with van der Waals surface area (Å²) >= 11 is 3.81. The van der Waals surface area contributed by atoms with Crippen molar-refractivity contribution in [3.8, 4) is 33.8 Å². The molecule has 0 saturated carbocycles. The van der Waals surface area contributed by atoms with Crippen molar-refractivity contribution in [1.29, 1.82) is 0 Å². The second kappa shape index (κ2) is 37.5. The van der Waals surface area contributed by atoms with Gasteiger partial charge in [0.05, 0.1) is 5.69 Å². The van der Waals surface area contributed by atoms with Crippen LogP contribution in [0.25, 0.3) is 33.8 Å². The van der Waals surface area contributed by atoms with Crippen molar-refractivity contribution in [2.45, 2.75) is 249 Å². The van der Waals surface area contributed by atoms with Gasteiger partial charge in [-0.2, -0.15) is 40.8 Å². The van der Waals surface area contributed by atoms with E-state index in [0.29, 0.717) is 0 Å². The molecule has 8 heteroatoms. The van der Waals surface area contributed by atoms with Gasteiger partial charge in [-0.05, 0) is 233 Å². The summed E-state index contributed by atoms with van der Waals surface area (Å²) in [6, 6.07) is 12.4. The molecule has 474 valence electrons. The zero-order valence-electron chi connectivity index (χ0n) is 61.8. The van der Waals surface area contributed by atoms with Crippen LogP contribution >= 0.6 is 15.9 Å². The molecule has 89 heavy (non-hydrogen) atoms. The molecule has 4 heterocycles. The van der Waals surface area contributed by atoms with E-state index in [1.54, 1.807) is 0 Å². The smallest absolute Gasteiger partial charge is 0.343 e. The van der Waals surface area contributed by atoms with Gasteiger partial charge in [-0.3, -0.25) is 9.97 Å². The second-order valence-electron chi connectivity index (χ2n) is 24.4. The van der Waals surface area contributed by atoms with Crippen LogP contribution in [0.4, 0.5) is 0 Å². The fourth-order valence-electron chi connectivity index (χ4n) is 10.2. The summed E-state index contributed by atoms with van der Waals surface area (Å²) in [6.07, 6.45) is 4.21. The third-order valence-electron chi connectivity index (χ3n) is 19.7. The zero-order valence-corrected chi connectivity index (χ0v) is 64.9. The van der Waals surface area contributed by atoms with Crippen LogP contribution in [0.2, 0.25) is 0 Å². The average Bonchev–Trinajstić information content (AvgIpc) is 1.03. The fraction of sp³-hybridized carbons (Fsp3) is 0.444. The standard InChI is InChI=1S/C19H24BrN.2C19H24N.C10H13.C9H13N.C4H9.CH4.2Li.Pd/c1-9-10(2)14(6)18(20)17(13(9)5)19-15(7)11(3)12(4)16(8)21-19;2*1-10-9-18(15(6)12(3)11(10)2)19-16(7)13(4)14(5)17(8)20-19;1-7-5-6-8(2)10(4)9(7)3;1-6-5-10-9(4)8(3)7(6)2;1-3-4-2;;;;/h1-8H3;2*1-8H3;2*5H,1-4H3;1,3-4H2,2H3;1H4;;;/q;3*-1;;-1;;2*+1;+2. The Morgan fingerprint density at radius 1 is 0.348 bits per heavy atom. The van der Waals surface area contributed by atoms with Crippen LogP contribution in [-0.2, 0) is 20.4 Å². The van der Waals surface area contributed by atoms with Crippen LogP contribution in [0.5, 0.6) is 0 Å². The summed E-state index contributed by atoms with van der Waals surface area (Å²) in [4.78, 5) is 18.8. The molecule has 4 aromatic carbocycles. The predicted octanol–water partition coefficient (Wildman–Crippen LogP) is 17.3. The number of rotatable bonds is 4. The molecule has 0 atom stereocenters. The first kappa shape index (κ1) is 86.9. The predicted molar refractivity (Wildman–Crippen MR) is 382 cm³/mol. The summed E-state index contributed by atoms with van der Waals surface area (Å²) in [5.41, 5.74) is 48.3. The van der Waals surface area contributed by atoms with Gasteiger partial charge in [-0.1, -0.05) is 126 Å². The first-order valence-corrected chi connectivity index (χ1v) is 31.4. The molecule has 4 nitrogen and oxygen atoms in total. The largest absolute Gasteiger partial charge is 2.00 e. The fourth-order valence-corrected chi connectivity index (χ4v) is 10.9. The van der Waals surface area contributed by atoms with Gasteiger partial charge in [-0.25, -0.2) is 0 Å². The molecule has 0 saturated heterocycles. The van der Waals surface area contributed by atoms with Crippen LogP contribution in [0.1, 0.15) is 206 Å². The SMILES string of the molecule is C.Cc1[c-]c(-c2nc(C)c(C)c(C)c2C)c(C)c(C)c1C.Cc1[c-]c(-c2nc(C)c(C)c(C)c2C)c(C)c(C)c1C.Cc1[c-]cc(C)c(C)c1C.Cc1cnc(C)c(C)c1C.Cc1nc(-c2c(C)c(C)c(C)c(C)c2Br)c(C)c(C)c1C.[CH2-]CCC.[Li+].[Li+].[Pd+2]. The summed E-state index contributed by atoms with van der Waals surface area (Å²) < 4.78 is 1.18. The minimum Gasteiger partial charge on any atom is -0.343 e. The zero-order chi connectivity index (χ0) is 65.3. The molecule has 0 fully saturated rings. The Morgan fingerprint density at radius 3 is 0.989 bits per heavy atom. The Hall–Kier alpha value is -4.18. The molecule has 0 amide bonds. The molecule has 0 aliphatic heterocycles. The first-order valence-electron chi connectivity index (χ1n) is 30.6. The molecule has 0 unspecified atom stereocenters. The minimum atomic E-state index is 0. The summed E-state index contributed by atoms with van der Waals surface area (Å²) in [6.45, 7) is 74.6. The third-order valence-corrected chi connectivity index (χ3v) is 20.7. The van der Waals surface area contributed by atoms with E-state index in [1.165, 1.54) is 172 Å². The third kappa shape index (κ3) is 20.2. The molecular formula is C81H111BrLi2N4Pd. The van der Waals surface area contributed by atoms with Crippen molar-refractivity contribution in [2.75, 3.05) is 0 Å². The number of pyridine rings is 4. The molecule has 0 radical (unpaired) electrons. The number of aromatic nitrogens is 4. The summed E-state index contributed by atoms with van der Waals surface area (Å²) in [5, 5.41) is 0. The molecule has 0 aliphatic rings. The van der Waals surface area contributed by atoms with Crippen LogP contribution in [0.15, 0.2) is 16.7 Å². The van der Waals surface area contributed by atoms with E-state index in [2.05, 4.69) is 274 Å². The van der Waals surface area contributed by atoms with E-state index in [9.17, 15) is 0 Å². The molecular weight excluding hydrogens is 1230 g/mol. The van der Waals surface area contributed by atoms with Crippen LogP contribution in [0.3, 0.4) is 0 Å². The van der Waals surface area contributed by atoms with E-state index < -0.39 is 0 Å². The van der Waals surface area contributed by atoms with Crippen molar-refractivity contribution < 1.29 is 58.1 Å². The Balaban J connectivity index is 0. The Kier molecular flexibility index (Phi) is 36.6. The first-order chi connectivity index (χ1) is 39.3. The molecule has 8 rings (SSSR count). The summed E-state index contributed by atoms with van der Waals surface area (Å²) in [5.74, 6) is 0. The van der Waals surface area contributed by atoms with Gasteiger partial charge in [0, 0.05) is 39.0 Å². The van der Waals surface area contributed by atoms with Gasteiger partial charge in [0.25, 0.3) is 0 Å².